The summed E-state index contributed by atoms with van der Waals surface area (Å²) >= 11 is 0. The molecule has 0 aromatic heterocycles. The van der Waals surface area contributed by atoms with Crippen LogP contribution in [0.3, 0.4) is 0 Å². The van der Waals surface area contributed by atoms with Crippen molar-refractivity contribution in [2.75, 3.05) is 51.7 Å². The summed E-state index contributed by atoms with van der Waals surface area (Å²) in [5.41, 5.74) is 1.69. The zero-order valence-corrected chi connectivity index (χ0v) is 16.8. The van der Waals surface area contributed by atoms with Crippen LogP contribution in [0.2, 0.25) is 0 Å². The fraction of sp³-hybridized carbons (Fsp3) is 0.600. The van der Waals surface area contributed by atoms with Gasteiger partial charge in [0.2, 0.25) is 0 Å². The Morgan fingerprint density at radius 3 is 2.52 bits per heavy atom. The van der Waals surface area contributed by atoms with E-state index in [4.69, 9.17) is 0 Å². The third kappa shape index (κ3) is 6.75. The molecule has 0 radical (unpaired) electrons. The molecule has 1 aromatic rings. The summed E-state index contributed by atoms with van der Waals surface area (Å²) < 4.78 is 0. The van der Waals surface area contributed by atoms with Gasteiger partial charge in [0.05, 0.1) is 5.56 Å². The van der Waals surface area contributed by atoms with Crippen molar-refractivity contribution in [1.82, 2.24) is 20.9 Å². The highest BCUT2D eigenvalue weighted by Gasteiger charge is 2.23. The molecule has 1 saturated heterocycles. The first kappa shape index (κ1) is 21.0. The molecule has 0 bridgehead atoms. The minimum absolute atomic E-state index is 0.0214. The van der Waals surface area contributed by atoms with Gasteiger partial charge in [-0.25, -0.2) is 4.79 Å². The van der Waals surface area contributed by atoms with Gasteiger partial charge in [0.15, 0.2) is 0 Å². The molecule has 1 fully saturated rings. The number of piperidine rings is 1. The quantitative estimate of drug-likeness (QED) is 0.604. The maximum Gasteiger partial charge on any atom is 0.314 e. The second-order valence-electron chi connectivity index (χ2n) is 7.19. The number of anilines is 1. The summed E-state index contributed by atoms with van der Waals surface area (Å²) in [5, 5.41) is 8.81. The lowest BCUT2D eigenvalue weighted by Gasteiger charge is -2.34. The molecule has 1 aromatic carbocycles. The van der Waals surface area contributed by atoms with E-state index < -0.39 is 0 Å². The van der Waals surface area contributed by atoms with E-state index in [1.807, 2.05) is 45.3 Å². The van der Waals surface area contributed by atoms with Crippen molar-refractivity contribution in [3.8, 4) is 0 Å². The van der Waals surface area contributed by atoms with E-state index in [2.05, 4.69) is 25.8 Å². The Morgan fingerprint density at radius 2 is 1.85 bits per heavy atom. The van der Waals surface area contributed by atoms with Crippen molar-refractivity contribution in [2.24, 2.45) is 0 Å². The van der Waals surface area contributed by atoms with Gasteiger partial charge in [0.1, 0.15) is 0 Å². The molecule has 3 N–H and O–H groups in total. The minimum atomic E-state index is -0.103. The topological polar surface area (TPSA) is 76.7 Å². The Bertz CT molecular complexity index is 612. The normalized spacial score (nSPS) is 14.9. The highest BCUT2D eigenvalue weighted by Crippen LogP contribution is 2.24. The van der Waals surface area contributed by atoms with Crippen LogP contribution in [-0.2, 0) is 0 Å². The number of nitrogens with zero attached hydrogens (tertiary/aromatic N) is 2. The summed E-state index contributed by atoms with van der Waals surface area (Å²) in [4.78, 5) is 28.7. The molecule has 3 amide bonds. The number of urea groups is 1. The predicted octanol–water partition coefficient (Wildman–Crippen LogP) is 1.66. The lowest BCUT2D eigenvalue weighted by atomic mass is 10.0. The highest BCUT2D eigenvalue weighted by molar-refractivity contribution is 5.99. The number of benzene rings is 1. The molecular weight excluding hydrogens is 342 g/mol. The second-order valence-corrected chi connectivity index (χ2v) is 7.19. The molecule has 2 rings (SSSR count). The molecule has 7 heteroatoms. The van der Waals surface area contributed by atoms with Crippen molar-refractivity contribution >= 4 is 17.6 Å². The van der Waals surface area contributed by atoms with Gasteiger partial charge in [-0.2, -0.15) is 0 Å². The van der Waals surface area contributed by atoms with E-state index in [9.17, 15) is 9.59 Å². The Labute approximate surface area is 162 Å². The molecule has 27 heavy (non-hydrogen) atoms. The Morgan fingerprint density at radius 1 is 1.15 bits per heavy atom. The molecule has 0 unspecified atom stereocenters. The lowest BCUT2D eigenvalue weighted by molar-refractivity contribution is 0.0952. The number of para-hydroxylation sites is 1. The number of hydrogen-bond donors (Lipinski definition) is 3. The van der Waals surface area contributed by atoms with Crippen LogP contribution in [0.25, 0.3) is 0 Å². The first-order valence-corrected chi connectivity index (χ1v) is 9.82. The first-order valence-electron chi connectivity index (χ1n) is 9.82. The molecule has 0 saturated carbocycles. The van der Waals surface area contributed by atoms with Crippen LogP contribution < -0.4 is 20.9 Å². The van der Waals surface area contributed by atoms with Crippen LogP contribution >= 0.6 is 0 Å². The van der Waals surface area contributed by atoms with E-state index in [1.54, 1.807) is 0 Å². The number of carbonyl (C=O) groups is 2. The number of rotatable bonds is 8. The molecule has 1 aliphatic heterocycles. The third-order valence-electron chi connectivity index (χ3n) is 4.72. The zero-order valence-electron chi connectivity index (χ0n) is 16.8. The Hall–Kier alpha value is -2.28. The second kappa shape index (κ2) is 10.8. The molecule has 0 spiro atoms. The predicted molar refractivity (Wildman–Crippen MR) is 109 cm³/mol. The number of nitrogens with one attached hydrogen (secondary N) is 3. The largest absolute Gasteiger partial charge is 0.371 e. The van der Waals surface area contributed by atoms with Crippen LogP contribution in [0.15, 0.2) is 24.3 Å². The summed E-state index contributed by atoms with van der Waals surface area (Å²) in [7, 11) is 4.06. The van der Waals surface area contributed by atoms with E-state index in [1.165, 1.54) is 0 Å². The van der Waals surface area contributed by atoms with Gasteiger partial charge in [-0.3, -0.25) is 4.79 Å². The van der Waals surface area contributed by atoms with E-state index in [0.29, 0.717) is 13.1 Å². The van der Waals surface area contributed by atoms with Crippen molar-refractivity contribution in [3.05, 3.63) is 29.8 Å². The van der Waals surface area contributed by atoms with Crippen LogP contribution in [0.5, 0.6) is 0 Å². The van der Waals surface area contributed by atoms with Crippen LogP contribution in [0, 0.1) is 0 Å². The molecule has 1 heterocycles. The fourth-order valence-corrected chi connectivity index (χ4v) is 3.30. The van der Waals surface area contributed by atoms with Gasteiger partial charge in [0.25, 0.3) is 5.91 Å². The first-order chi connectivity index (χ1) is 13.0. The zero-order chi connectivity index (χ0) is 19.6. The van der Waals surface area contributed by atoms with E-state index in [-0.39, 0.29) is 18.0 Å². The lowest BCUT2D eigenvalue weighted by Crippen LogP contribution is -2.48. The smallest absolute Gasteiger partial charge is 0.314 e. The van der Waals surface area contributed by atoms with Crippen molar-refractivity contribution in [1.29, 1.82) is 0 Å². The summed E-state index contributed by atoms with van der Waals surface area (Å²) in [6, 6.07) is 7.84. The van der Waals surface area contributed by atoms with Gasteiger partial charge in [-0.05, 0) is 59.0 Å². The van der Waals surface area contributed by atoms with Gasteiger partial charge < -0.3 is 25.8 Å². The minimum Gasteiger partial charge on any atom is -0.371 e. The van der Waals surface area contributed by atoms with E-state index >= 15 is 0 Å². The van der Waals surface area contributed by atoms with Crippen LogP contribution in [0.1, 0.15) is 36.5 Å². The fourth-order valence-electron chi connectivity index (χ4n) is 3.30. The van der Waals surface area contributed by atoms with Gasteiger partial charge >= 0.3 is 6.03 Å². The standard InChI is InChI=1S/C20H33N5O2/c1-4-21-20(27)23-16-10-14-25(15-11-16)18-9-6-5-8-17(18)19(26)22-12-7-13-24(2)3/h5-6,8-9,16H,4,7,10-15H2,1-3H3,(H,22,26)(H2,21,23,27). The number of hydrogen-bond acceptors (Lipinski definition) is 4. The monoisotopic (exact) mass is 375 g/mol. The Balaban J connectivity index is 1.90. The van der Waals surface area contributed by atoms with Gasteiger partial charge in [-0.1, -0.05) is 12.1 Å². The third-order valence-corrected chi connectivity index (χ3v) is 4.72. The van der Waals surface area contributed by atoms with E-state index in [0.717, 1.165) is 50.1 Å². The molecular formula is C20H33N5O2. The van der Waals surface area contributed by atoms with Crippen LogP contribution in [0.4, 0.5) is 10.5 Å². The van der Waals surface area contributed by atoms with Crippen molar-refractivity contribution in [3.63, 3.8) is 0 Å². The molecule has 1 aliphatic rings. The SMILES string of the molecule is CCNC(=O)NC1CCN(c2ccccc2C(=O)NCCCN(C)C)CC1. The highest BCUT2D eigenvalue weighted by atomic mass is 16.2. The molecule has 7 nitrogen and oxygen atoms in total. The van der Waals surface area contributed by atoms with Crippen LogP contribution in [-0.4, -0.2) is 69.7 Å². The Kier molecular flexibility index (Phi) is 8.39. The number of amides is 3. The molecule has 0 atom stereocenters. The van der Waals surface area contributed by atoms with Crippen molar-refractivity contribution < 1.29 is 9.59 Å². The average molecular weight is 376 g/mol. The summed E-state index contributed by atoms with van der Waals surface area (Å²) in [6.45, 7) is 5.80. The average Bonchev–Trinajstić information content (AvgIpc) is 2.66. The van der Waals surface area contributed by atoms with Gasteiger partial charge in [0, 0.05) is 37.9 Å². The number of carbonyl (C=O) groups excluding carboxylic acids is 2. The molecule has 0 aliphatic carbocycles. The summed E-state index contributed by atoms with van der Waals surface area (Å²) in [6.07, 6.45) is 2.67. The maximum absolute atomic E-state index is 12.6. The maximum atomic E-state index is 12.6. The molecule has 150 valence electrons. The summed E-state index contributed by atoms with van der Waals surface area (Å²) in [5.74, 6) is -0.0214. The van der Waals surface area contributed by atoms with Crippen molar-refractivity contribution in [2.45, 2.75) is 32.2 Å². The van der Waals surface area contributed by atoms with Gasteiger partial charge in [-0.15, -0.1) is 0 Å².